The molecule has 0 spiro atoms. The quantitative estimate of drug-likeness (QED) is 0.854. The minimum Gasteiger partial charge on any atom is -0.316 e. The molecule has 1 saturated heterocycles. The summed E-state index contributed by atoms with van der Waals surface area (Å²) in [6, 6.07) is 5.00. The second kappa shape index (κ2) is 7.71. The van der Waals surface area contributed by atoms with Gasteiger partial charge in [0.1, 0.15) is 5.82 Å². The first-order valence-electron chi connectivity index (χ1n) is 7.88. The van der Waals surface area contributed by atoms with Crippen LogP contribution < -0.4 is 5.32 Å². The summed E-state index contributed by atoms with van der Waals surface area (Å²) in [5.41, 5.74) is 4.04. The van der Waals surface area contributed by atoms with Crippen molar-refractivity contribution in [2.45, 2.75) is 26.4 Å². The largest absolute Gasteiger partial charge is 0.316 e. The van der Waals surface area contributed by atoms with E-state index >= 15 is 0 Å². The number of nitrogens with zero attached hydrogens (tertiary/aromatic N) is 2. The zero-order chi connectivity index (χ0) is 16.2. The minimum atomic E-state index is -0.361. The summed E-state index contributed by atoms with van der Waals surface area (Å²) in [6.45, 7) is 6.90. The van der Waals surface area contributed by atoms with Crippen LogP contribution in [0.15, 0.2) is 23.7 Å². The Morgan fingerprint density at radius 1 is 1.43 bits per heavy atom. The molecule has 6 heteroatoms. The van der Waals surface area contributed by atoms with E-state index in [0.717, 1.165) is 44.0 Å². The molecular weight excluding hydrogens is 333 g/mol. The van der Waals surface area contributed by atoms with Gasteiger partial charge in [-0.3, -0.25) is 4.90 Å². The molecule has 0 aliphatic carbocycles. The molecule has 1 unspecified atom stereocenters. The van der Waals surface area contributed by atoms with Crippen LogP contribution >= 0.6 is 22.9 Å². The topological polar surface area (TPSA) is 28.2 Å². The van der Waals surface area contributed by atoms with Gasteiger partial charge in [0.05, 0.1) is 16.2 Å². The Morgan fingerprint density at radius 2 is 2.30 bits per heavy atom. The van der Waals surface area contributed by atoms with Gasteiger partial charge in [-0.2, -0.15) is 0 Å². The number of nitrogens with one attached hydrogen (secondary N) is 1. The van der Waals surface area contributed by atoms with Gasteiger partial charge in [0.15, 0.2) is 0 Å². The van der Waals surface area contributed by atoms with Crippen molar-refractivity contribution in [1.82, 2.24) is 15.2 Å². The van der Waals surface area contributed by atoms with Gasteiger partial charge in [0.2, 0.25) is 0 Å². The van der Waals surface area contributed by atoms with Crippen LogP contribution in [0.1, 0.15) is 22.6 Å². The summed E-state index contributed by atoms with van der Waals surface area (Å²) in [7, 11) is 0. The van der Waals surface area contributed by atoms with Gasteiger partial charge < -0.3 is 5.32 Å². The lowest BCUT2D eigenvalue weighted by Gasteiger charge is -2.25. The van der Waals surface area contributed by atoms with Crippen LogP contribution in [0.5, 0.6) is 0 Å². The molecule has 0 amide bonds. The summed E-state index contributed by atoms with van der Waals surface area (Å²) < 4.78 is 13.4. The first-order chi connectivity index (χ1) is 11.1. The lowest BCUT2D eigenvalue weighted by atomic mass is 10.1. The summed E-state index contributed by atoms with van der Waals surface area (Å²) in [5.74, 6) is 0.305. The second-order valence-electron chi connectivity index (χ2n) is 6.14. The molecule has 0 bridgehead atoms. The van der Waals surface area contributed by atoms with Gasteiger partial charge in [0, 0.05) is 24.5 Å². The fraction of sp³-hybridized carbons (Fsp3) is 0.471. The molecule has 2 heterocycles. The Hall–Kier alpha value is -1.01. The van der Waals surface area contributed by atoms with Gasteiger partial charge in [-0.1, -0.05) is 17.7 Å². The highest BCUT2D eigenvalue weighted by Gasteiger charge is 2.20. The number of rotatable bonds is 6. The molecule has 1 aliphatic rings. The minimum absolute atomic E-state index is 0.193. The SMILES string of the molecule is Cc1ncsc1CN(Cc1ccc(F)c(Cl)c1)CC1CCNC1. The Labute approximate surface area is 145 Å². The number of hydrogen-bond acceptors (Lipinski definition) is 4. The van der Waals surface area contributed by atoms with Crippen molar-refractivity contribution in [3.8, 4) is 0 Å². The van der Waals surface area contributed by atoms with Crippen LogP contribution in [0.25, 0.3) is 0 Å². The van der Waals surface area contributed by atoms with E-state index in [2.05, 4.69) is 22.1 Å². The van der Waals surface area contributed by atoms with Crippen molar-refractivity contribution in [3.63, 3.8) is 0 Å². The molecule has 1 aromatic heterocycles. The lowest BCUT2D eigenvalue weighted by molar-refractivity contribution is 0.222. The number of halogens is 2. The van der Waals surface area contributed by atoms with Crippen molar-refractivity contribution in [2.24, 2.45) is 5.92 Å². The maximum Gasteiger partial charge on any atom is 0.141 e. The molecule has 1 atom stereocenters. The maximum atomic E-state index is 13.4. The van der Waals surface area contributed by atoms with Crippen LogP contribution in [-0.4, -0.2) is 29.5 Å². The van der Waals surface area contributed by atoms with Gasteiger partial charge >= 0.3 is 0 Å². The van der Waals surface area contributed by atoms with Gasteiger partial charge in [-0.15, -0.1) is 11.3 Å². The average molecular weight is 354 g/mol. The Morgan fingerprint density at radius 3 is 2.96 bits per heavy atom. The molecule has 124 valence electrons. The van der Waals surface area contributed by atoms with E-state index in [-0.39, 0.29) is 10.8 Å². The van der Waals surface area contributed by atoms with E-state index < -0.39 is 0 Å². The third-order valence-electron chi connectivity index (χ3n) is 4.28. The molecule has 2 aromatic rings. The molecule has 0 saturated carbocycles. The van der Waals surface area contributed by atoms with E-state index in [1.165, 1.54) is 17.4 Å². The van der Waals surface area contributed by atoms with E-state index in [4.69, 9.17) is 11.6 Å². The first kappa shape index (κ1) is 16.8. The molecule has 1 aromatic carbocycles. The lowest BCUT2D eigenvalue weighted by Crippen LogP contribution is -2.30. The van der Waals surface area contributed by atoms with E-state index in [1.807, 2.05) is 11.6 Å². The Bertz CT molecular complexity index is 655. The van der Waals surface area contributed by atoms with E-state index in [0.29, 0.717) is 5.92 Å². The molecule has 3 rings (SSSR count). The number of benzene rings is 1. The predicted molar refractivity (Wildman–Crippen MR) is 93.4 cm³/mol. The maximum absolute atomic E-state index is 13.4. The number of aromatic nitrogens is 1. The normalized spacial score (nSPS) is 18.0. The first-order valence-corrected chi connectivity index (χ1v) is 9.13. The number of thiazole rings is 1. The van der Waals surface area contributed by atoms with Crippen molar-refractivity contribution in [2.75, 3.05) is 19.6 Å². The molecule has 23 heavy (non-hydrogen) atoms. The van der Waals surface area contributed by atoms with Crippen LogP contribution in [0.3, 0.4) is 0 Å². The monoisotopic (exact) mass is 353 g/mol. The second-order valence-corrected chi connectivity index (χ2v) is 7.48. The van der Waals surface area contributed by atoms with Crippen LogP contribution in [-0.2, 0) is 13.1 Å². The van der Waals surface area contributed by atoms with Gasteiger partial charge in [0.25, 0.3) is 0 Å². The molecule has 3 nitrogen and oxygen atoms in total. The van der Waals surface area contributed by atoms with Crippen molar-refractivity contribution in [1.29, 1.82) is 0 Å². The average Bonchev–Trinajstić information content (AvgIpc) is 3.16. The van der Waals surface area contributed by atoms with Gasteiger partial charge in [-0.05, 0) is 50.0 Å². The van der Waals surface area contributed by atoms with Crippen LogP contribution in [0.2, 0.25) is 5.02 Å². The fourth-order valence-electron chi connectivity index (χ4n) is 3.00. The molecular formula is C17H21ClFN3S. The van der Waals surface area contributed by atoms with Crippen LogP contribution in [0.4, 0.5) is 4.39 Å². The highest BCUT2D eigenvalue weighted by Crippen LogP contribution is 2.22. The predicted octanol–water partition coefficient (Wildman–Crippen LogP) is 3.86. The van der Waals surface area contributed by atoms with Gasteiger partial charge in [-0.25, -0.2) is 9.37 Å². The highest BCUT2D eigenvalue weighted by atomic mass is 35.5. The Balaban J connectivity index is 1.73. The number of aryl methyl sites for hydroxylation is 1. The summed E-state index contributed by atoms with van der Waals surface area (Å²) in [6.07, 6.45) is 1.21. The molecule has 1 N–H and O–H groups in total. The number of hydrogen-bond donors (Lipinski definition) is 1. The summed E-state index contributed by atoms with van der Waals surface area (Å²) in [5, 5.41) is 3.61. The summed E-state index contributed by atoms with van der Waals surface area (Å²) in [4.78, 5) is 8.06. The Kier molecular flexibility index (Phi) is 5.64. The molecule has 0 radical (unpaired) electrons. The smallest absolute Gasteiger partial charge is 0.141 e. The van der Waals surface area contributed by atoms with Crippen LogP contribution in [0, 0.1) is 18.7 Å². The van der Waals surface area contributed by atoms with Crippen molar-refractivity contribution in [3.05, 3.63) is 50.7 Å². The zero-order valence-electron chi connectivity index (χ0n) is 13.2. The molecule has 1 aliphatic heterocycles. The third kappa shape index (κ3) is 4.51. The standard InChI is InChI=1S/C17H21ClFN3S/c1-12-17(23-11-21-12)10-22(9-14-4-5-20-7-14)8-13-2-3-16(19)15(18)6-13/h2-3,6,11,14,20H,4-5,7-10H2,1H3. The van der Waals surface area contributed by atoms with Crippen molar-refractivity contribution < 1.29 is 4.39 Å². The van der Waals surface area contributed by atoms with Crippen molar-refractivity contribution >= 4 is 22.9 Å². The van der Waals surface area contributed by atoms with E-state index in [9.17, 15) is 4.39 Å². The zero-order valence-corrected chi connectivity index (χ0v) is 14.8. The highest BCUT2D eigenvalue weighted by molar-refractivity contribution is 7.09. The van der Waals surface area contributed by atoms with E-state index in [1.54, 1.807) is 17.4 Å². The third-order valence-corrected chi connectivity index (χ3v) is 5.49. The summed E-state index contributed by atoms with van der Waals surface area (Å²) >= 11 is 7.62. The molecule has 1 fully saturated rings. The fourth-order valence-corrected chi connectivity index (χ4v) is 4.02.